The molecule has 0 bridgehead atoms. The summed E-state index contributed by atoms with van der Waals surface area (Å²) in [6, 6.07) is 16.9. The van der Waals surface area contributed by atoms with Crippen LogP contribution in [0, 0.1) is 0 Å². The molecule has 0 aromatic heterocycles. The van der Waals surface area contributed by atoms with E-state index in [1.807, 2.05) is 6.07 Å². The quantitative estimate of drug-likeness (QED) is 0.553. The smallest absolute Gasteiger partial charge is 0.231 e. The van der Waals surface area contributed by atoms with Gasteiger partial charge in [-0.1, -0.05) is 36.4 Å². The normalized spacial score (nSPS) is 20.5. The third-order valence-corrected chi connectivity index (χ3v) is 7.15. The number of hydrogen-bond acceptors (Lipinski definition) is 5. The molecule has 2 heterocycles. The highest BCUT2D eigenvalue weighted by atomic mass is 16.7. The lowest BCUT2D eigenvalue weighted by Gasteiger charge is -2.40. The van der Waals surface area contributed by atoms with Crippen LogP contribution in [0.25, 0.3) is 11.1 Å². The first-order valence-electron chi connectivity index (χ1n) is 11.0. The zero-order valence-corrected chi connectivity index (χ0v) is 18.5. The first-order chi connectivity index (χ1) is 15.6. The molecule has 2 aliphatic heterocycles. The fourth-order valence-electron chi connectivity index (χ4n) is 5.69. The third-order valence-electron chi connectivity index (χ3n) is 7.15. The average Bonchev–Trinajstić information content (AvgIpc) is 3.40. The Bertz CT molecular complexity index is 1260. The van der Waals surface area contributed by atoms with E-state index in [9.17, 15) is 4.79 Å². The van der Waals surface area contributed by atoms with Gasteiger partial charge in [-0.25, -0.2) is 0 Å². The second-order valence-corrected chi connectivity index (χ2v) is 8.81. The van der Waals surface area contributed by atoms with Crippen molar-refractivity contribution in [3.8, 4) is 28.4 Å². The van der Waals surface area contributed by atoms with Crippen LogP contribution in [-0.2, 0) is 6.42 Å². The first kappa shape index (κ1) is 19.4. The molecule has 5 nitrogen and oxygen atoms in total. The summed E-state index contributed by atoms with van der Waals surface area (Å²) in [5.74, 6) is 2.38. The van der Waals surface area contributed by atoms with Crippen molar-refractivity contribution < 1.29 is 19.0 Å². The van der Waals surface area contributed by atoms with Crippen molar-refractivity contribution >= 4 is 5.78 Å². The summed E-state index contributed by atoms with van der Waals surface area (Å²) in [6.45, 7) is 2.78. The highest BCUT2D eigenvalue weighted by molar-refractivity contribution is 5.96. The van der Waals surface area contributed by atoms with Crippen molar-refractivity contribution in [3.05, 3.63) is 76.3 Å². The van der Waals surface area contributed by atoms with Crippen LogP contribution in [0.15, 0.2) is 48.5 Å². The second kappa shape index (κ2) is 7.10. The maximum Gasteiger partial charge on any atom is 0.231 e. The lowest BCUT2D eigenvalue weighted by molar-refractivity contribution is 0.101. The lowest BCUT2D eigenvalue weighted by atomic mass is 9.79. The Balaban J connectivity index is 1.62. The van der Waals surface area contributed by atoms with Crippen molar-refractivity contribution in [2.75, 3.05) is 27.5 Å². The van der Waals surface area contributed by atoms with Crippen LogP contribution in [0.1, 0.15) is 51.5 Å². The van der Waals surface area contributed by atoms with Gasteiger partial charge in [0.05, 0.1) is 7.11 Å². The number of nitrogens with zero attached hydrogens (tertiary/aromatic N) is 1. The molecule has 0 N–H and O–H groups in total. The number of benzene rings is 3. The third kappa shape index (κ3) is 2.64. The molecule has 3 aromatic carbocycles. The van der Waals surface area contributed by atoms with E-state index in [2.05, 4.69) is 54.4 Å². The molecule has 3 aromatic rings. The molecule has 0 fully saturated rings. The molecule has 5 heteroatoms. The van der Waals surface area contributed by atoms with Crippen molar-refractivity contribution in [1.82, 2.24) is 4.90 Å². The molecule has 2 atom stereocenters. The number of ketones is 1. The Morgan fingerprint density at radius 3 is 2.69 bits per heavy atom. The fourth-order valence-corrected chi connectivity index (χ4v) is 5.69. The minimum absolute atomic E-state index is 0.0489. The first-order valence-corrected chi connectivity index (χ1v) is 11.0. The van der Waals surface area contributed by atoms with Crippen molar-refractivity contribution in [3.63, 3.8) is 0 Å². The van der Waals surface area contributed by atoms with Gasteiger partial charge in [0.2, 0.25) is 12.5 Å². The molecule has 6 rings (SSSR count). The molecular formula is C27H25NO4. The number of hydrogen-bond donors (Lipinski definition) is 0. The summed E-state index contributed by atoms with van der Waals surface area (Å²) in [7, 11) is 3.88. The summed E-state index contributed by atoms with van der Waals surface area (Å²) in [5, 5.41) is 0. The molecular weight excluding hydrogens is 402 g/mol. The van der Waals surface area contributed by atoms with E-state index in [0.717, 1.165) is 35.6 Å². The molecule has 0 saturated carbocycles. The van der Waals surface area contributed by atoms with Crippen LogP contribution < -0.4 is 14.2 Å². The molecule has 0 unspecified atom stereocenters. The highest BCUT2D eigenvalue weighted by Crippen LogP contribution is 2.57. The van der Waals surface area contributed by atoms with E-state index in [4.69, 9.17) is 14.2 Å². The fraction of sp³-hybridized carbons (Fsp3) is 0.296. The van der Waals surface area contributed by atoms with Gasteiger partial charge in [0, 0.05) is 29.6 Å². The average molecular weight is 428 g/mol. The number of ether oxygens (including phenoxy) is 3. The molecule has 1 aliphatic carbocycles. The number of fused-ring (bicyclic) bond motifs is 5. The van der Waals surface area contributed by atoms with Crippen LogP contribution in [0.4, 0.5) is 0 Å². The van der Waals surface area contributed by atoms with Crippen LogP contribution in [-0.4, -0.2) is 38.2 Å². The van der Waals surface area contributed by atoms with Gasteiger partial charge in [-0.2, -0.15) is 0 Å². The number of Topliss-reactive ketones (excluding diaryl/α,β-unsaturated/α-hetero) is 1. The number of methoxy groups -OCH3 is 1. The van der Waals surface area contributed by atoms with Gasteiger partial charge in [0.25, 0.3) is 0 Å². The summed E-state index contributed by atoms with van der Waals surface area (Å²) >= 11 is 0. The Hall–Kier alpha value is -3.31. The van der Waals surface area contributed by atoms with Crippen LogP contribution in [0.5, 0.6) is 17.2 Å². The van der Waals surface area contributed by atoms with E-state index < -0.39 is 0 Å². The van der Waals surface area contributed by atoms with Gasteiger partial charge in [0.15, 0.2) is 17.3 Å². The highest BCUT2D eigenvalue weighted by Gasteiger charge is 2.43. The van der Waals surface area contributed by atoms with Crippen LogP contribution in [0.2, 0.25) is 0 Å². The lowest BCUT2D eigenvalue weighted by Crippen LogP contribution is -2.36. The van der Waals surface area contributed by atoms with Gasteiger partial charge in [0.1, 0.15) is 0 Å². The molecule has 3 aliphatic rings. The SMILES string of the molecule is COc1c2c(cc3c1[C@H]([C@H]1c4ccccc4-c4ccc(C(C)=O)cc41)N(C)CC3)OCO2. The van der Waals surface area contributed by atoms with E-state index in [1.165, 1.54) is 27.8 Å². The van der Waals surface area contributed by atoms with Gasteiger partial charge in [-0.05, 0) is 60.3 Å². The van der Waals surface area contributed by atoms with E-state index in [-0.39, 0.29) is 24.5 Å². The summed E-state index contributed by atoms with van der Waals surface area (Å²) in [4.78, 5) is 14.6. The Morgan fingerprint density at radius 1 is 1.06 bits per heavy atom. The van der Waals surface area contributed by atoms with Crippen LogP contribution >= 0.6 is 0 Å². The van der Waals surface area contributed by atoms with Crippen molar-refractivity contribution in [2.45, 2.75) is 25.3 Å². The molecule has 0 radical (unpaired) electrons. The Kier molecular flexibility index (Phi) is 4.30. The van der Waals surface area contributed by atoms with Gasteiger partial charge < -0.3 is 14.2 Å². The van der Waals surface area contributed by atoms with Crippen molar-refractivity contribution in [1.29, 1.82) is 0 Å². The molecule has 162 valence electrons. The molecule has 0 saturated heterocycles. The second-order valence-electron chi connectivity index (χ2n) is 8.81. The number of likely N-dealkylation sites (N-methyl/N-ethyl adjacent to an activating group) is 1. The number of carbonyl (C=O) groups excluding carboxylic acids is 1. The predicted molar refractivity (Wildman–Crippen MR) is 122 cm³/mol. The van der Waals surface area contributed by atoms with E-state index in [1.54, 1.807) is 14.0 Å². The van der Waals surface area contributed by atoms with Gasteiger partial charge in [-0.3, -0.25) is 9.69 Å². The maximum atomic E-state index is 12.2. The molecule has 32 heavy (non-hydrogen) atoms. The monoisotopic (exact) mass is 427 g/mol. The minimum atomic E-state index is 0.0489. The zero-order valence-electron chi connectivity index (χ0n) is 18.5. The van der Waals surface area contributed by atoms with Crippen molar-refractivity contribution in [2.24, 2.45) is 0 Å². The van der Waals surface area contributed by atoms with E-state index in [0.29, 0.717) is 5.75 Å². The predicted octanol–water partition coefficient (Wildman–Crippen LogP) is 4.97. The summed E-state index contributed by atoms with van der Waals surface area (Å²) < 4.78 is 17.5. The Labute approximate surface area is 187 Å². The topological polar surface area (TPSA) is 48.0 Å². The minimum Gasteiger partial charge on any atom is -0.492 e. The standard InChI is InChI=1S/C27H25NO4/c1-15(29)16-8-9-19-18-6-4-5-7-20(18)24(21(19)12-16)25-23-17(10-11-28(25)2)13-22-26(27(23)30-3)32-14-31-22/h4-9,12-13,24-25H,10-11,14H2,1-3H3/t24-,25+/m0/s1. The van der Waals surface area contributed by atoms with Gasteiger partial charge in [-0.15, -0.1) is 0 Å². The number of carbonyl (C=O) groups is 1. The van der Waals surface area contributed by atoms with E-state index >= 15 is 0 Å². The Morgan fingerprint density at radius 2 is 1.88 bits per heavy atom. The molecule has 0 amide bonds. The number of rotatable bonds is 3. The summed E-state index contributed by atoms with van der Waals surface area (Å²) in [5.41, 5.74) is 8.07. The van der Waals surface area contributed by atoms with Gasteiger partial charge >= 0.3 is 0 Å². The van der Waals surface area contributed by atoms with Crippen LogP contribution in [0.3, 0.4) is 0 Å². The zero-order chi connectivity index (χ0) is 22.0. The largest absolute Gasteiger partial charge is 0.492 e. The summed E-state index contributed by atoms with van der Waals surface area (Å²) in [6.07, 6.45) is 0.921. The maximum absolute atomic E-state index is 12.2. The molecule has 0 spiro atoms.